The average Bonchev–Trinajstić information content (AvgIpc) is 2.42. The number of piperidine rings is 1. The number of hydrogen-bond donors (Lipinski definition) is 1. The highest BCUT2D eigenvalue weighted by Crippen LogP contribution is 2.40. The monoisotopic (exact) mass is 183 g/mol. The summed E-state index contributed by atoms with van der Waals surface area (Å²) in [5.41, 5.74) is -0.686. The highest BCUT2D eigenvalue weighted by atomic mass is 16.5. The van der Waals surface area contributed by atoms with Crippen molar-refractivity contribution in [1.29, 1.82) is 0 Å². The summed E-state index contributed by atoms with van der Waals surface area (Å²) in [6.07, 6.45) is 3.01. The molecule has 2 fully saturated rings. The van der Waals surface area contributed by atoms with Gasteiger partial charge in [0.15, 0.2) is 0 Å². The molecule has 1 saturated carbocycles. The maximum atomic E-state index is 11.5. The van der Waals surface area contributed by atoms with Gasteiger partial charge >= 0.3 is 5.97 Å². The summed E-state index contributed by atoms with van der Waals surface area (Å²) >= 11 is 0. The van der Waals surface area contributed by atoms with Gasteiger partial charge in [0, 0.05) is 6.42 Å². The lowest BCUT2D eigenvalue weighted by atomic mass is 9.90. The molecule has 0 spiro atoms. The van der Waals surface area contributed by atoms with Gasteiger partial charge in [-0.15, -0.1) is 0 Å². The molecule has 0 aromatic rings. The molecule has 1 heterocycles. The highest BCUT2D eigenvalue weighted by molar-refractivity contribution is 5.90. The van der Waals surface area contributed by atoms with Crippen LogP contribution in [0.2, 0.25) is 0 Å². The molecule has 1 aliphatic heterocycles. The van der Waals surface area contributed by atoms with E-state index in [1.807, 2.05) is 0 Å². The summed E-state index contributed by atoms with van der Waals surface area (Å²) in [6, 6.07) is 0. The SMILES string of the molecule is COC(=O)[C@@]12CC[C@@H](CC(=O)N1)C2. The number of ether oxygens (including phenoxy) is 1. The molecule has 2 aliphatic rings. The van der Waals surface area contributed by atoms with Crippen molar-refractivity contribution in [3.05, 3.63) is 0 Å². The van der Waals surface area contributed by atoms with Gasteiger partial charge in [-0.2, -0.15) is 0 Å². The molecule has 4 heteroatoms. The van der Waals surface area contributed by atoms with Gasteiger partial charge in [0.25, 0.3) is 0 Å². The number of esters is 1. The minimum atomic E-state index is -0.686. The second-order valence-corrected chi connectivity index (χ2v) is 3.93. The summed E-state index contributed by atoms with van der Waals surface area (Å²) in [4.78, 5) is 22.7. The molecule has 2 bridgehead atoms. The van der Waals surface area contributed by atoms with E-state index in [4.69, 9.17) is 4.74 Å². The molecule has 0 aromatic carbocycles. The van der Waals surface area contributed by atoms with E-state index in [0.29, 0.717) is 12.3 Å². The van der Waals surface area contributed by atoms with E-state index in [1.54, 1.807) is 0 Å². The molecular formula is C9H13NO3. The summed E-state index contributed by atoms with van der Waals surface area (Å²) < 4.78 is 4.71. The third-order valence-electron chi connectivity index (χ3n) is 3.05. The molecule has 1 N–H and O–H groups in total. The standard InChI is InChI=1S/C9H13NO3/c1-13-8(12)9-3-2-6(5-9)4-7(11)10-9/h6H,2-5H2,1H3,(H,10,11)/t6-,9-/m0/s1. The third kappa shape index (κ3) is 1.20. The Morgan fingerprint density at radius 2 is 2.46 bits per heavy atom. The molecule has 1 saturated heterocycles. The Labute approximate surface area is 76.6 Å². The first-order valence-electron chi connectivity index (χ1n) is 4.56. The van der Waals surface area contributed by atoms with Gasteiger partial charge in [-0.1, -0.05) is 0 Å². The molecule has 13 heavy (non-hydrogen) atoms. The van der Waals surface area contributed by atoms with Crippen LogP contribution in [0.5, 0.6) is 0 Å². The minimum Gasteiger partial charge on any atom is -0.467 e. The van der Waals surface area contributed by atoms with Crippen LogP contribution in [-0.2, 0) is 14.3 Å². The summed E-state index contributed by atoms with van der Waals surface area (Å²) in [7, 11) is 1.37. The smallest absolute Gasteiger partial charge is 0.331 e. The van der Waals surface area contributed by atoms with Crippen LogP contribution in [0.25, 0.3) is 0 Å². The predicted octanol–water partition coefficient (Wildman–Crippen LogP) is 0.218. The molecular weight excluding hydrogens is 170 g/mol. The van der Waals surface area contributed by atoms with Gasteiger partial charge in [-0.05, 0) is 25.2 Å². The van der Waals surface area contributed by atoms with Crippen LogP contribution in [0, 0.1) is 5.92 Å². The zero-order valence-corrected chi connectivity index (χ0v) is 7.63. The summed E-state index contributed by atoms with van der Waals surface area (Å²) in [5, 5.41) is 2.76. The van der Waals surface area contributed by atoms with Crippen molar-refractivity contribution < 1.29 is 14.3 Å². The number of rotatable bonds is 1. The van der Waals surface area contributed by atoms with Crippen molar-refractivity contribution in [3.8, 4) is 0 Å². The van der Waals surface area contributed by atoms with E-state index >= 15 is 0 Å². The third-order valence-corrected chi connectivity index (χ3v) is 3.05. The Hall–Kier alpha value is -1.06. The van der Waals surface area contributed by atoms with Crippen molar-refractivity contribution in [2.75, 3.05) is 7.11 Å². The summed E-state index contributed by atoms with van der Waals surface area (Å²) in [6.45, 7) is 0. The number of hydrogen-bond acceptors (Lipinski definition) is 3. The molecule has 2 atom stereocenters. The highest BCUT2D eigenvalue weighted by Gasteiger charge is 2.50. The molecule has 2 rings (SSSR count). The van der Waals surface area contributed by atoms with E-state index in [0.717, 1.165) is 19.3 Å². The zero-order chi connectivity index (χ0) is 9.47. The number of amides is 1. The first kappa shape index (κ1) is 8.53. The fourth-order valence-electron chi connectivity index (χ4n) is 2.45. The number of carbonyl (C=O) groups is 2. The van der Waals surface area contributed by atoms with Gasteiger partial charge in [0.1, 0.15) is 5.54 Å². The van der Waals surface area contributed by atoms with Crippen molar-refractivity contribution in [2.24, 2.45) is 5.92 Å². The van der Waals surface area contributed by atoms with Crippen LogP contribution in [-0.4, -0.2) is 24.5 Å². The van der Waals surface area contributed by atoms with E-state index < -0.39 is 5.54 Å². The maximum Gasteiger partial charge on any atom is 0.331 e. The quantitative estimate of drug-likeness (QED) is 0.591. The molecule has 1 aliphatic carbocycles. The van der Waals surface area contributed by atoms with Gasteiger partial charge < -0.3 is 10.1 Å². The Morgan fingerprint density at radius 1 is 1.69 bits per heavy atom. The summed E-state index contributed by atoms with van der Waals surface area (Å²) in [5.74, 6) is 0.0788. The number of nitrogens with one attached hydrogen (secondary N) is 1. The van der Waals surface area contributed by atoms with Gasteiger partial charge in [0.2, 0.25) is 5.91 Å². The van der Waals surface area contributed by atoms with Crippen LogP contribution in [0.4, 0.5) is 0 Å². The molecule has 4 nitrogen and oxygen atoms in total. The Kier molecular flexibility index (Phi) is 1.78. The van der Waals surface area contributed by atoms with Crippen LogP contribution in [0.15, 0.2) is 0 Å². The minimum absolute atomic E-state index is 0.0147. The molecule has 0 radical (unpaired) electrons. The normalized spacial score (nSPS) is 37.0. The second kappa shape index (κ2) is 2.72. The maximum absolute atomic E-state index is 11.5. The first-order chi connectivity index (χ1) is 6.16. The fourth-order valence-corrected chi connectivity index (χ4v) is 2.45. The predicted molar refractivity (Wildman–Crippen MR) is 44.8 cm³/mol. The van der Waals surface area contributed by atoms with E-state index in [-0.39, 0.29) is 11.9 Å². The lowest BCUT2D eigenvalue weighted by Gasteiger charge is -2.31. The van der Waals surface area contributed by atoms with Crippen LogP contribution in [0.1, 0.15) is 25.7 Å². The Balaban J connectivity index is 2.22. The lowest BCUT2D eigenvalue weighted by molar-refractivity contribution is -0.152. The van der Waals surface area contributed by atoms with Crippen LogP contribution >= 0.6 is 0 Å². The van der Waals surface area contributed by atoms with E-state index in [2.05, 4.69) is 5.32 Å². The van der Waals surface area contributed by atoms with Crippen molar-refractivity contribution in [3.63, 3.8) is 0 Å². The zero-order valence-electron chi connectivity index (χ0n) is 7.63. The number of methoxy groups -OCH3 is 1. The second-order valence-electron chi connectivity index (χ2n) is 3.93. The molecule has 1 amide bonds. The van der Waals surface area contributed by atoms with E-state index in [9.17, 15) is 9.59 Å². The van der Waals surface area contributed by atoms with Crippen LogP contribution < -0.4 is 5.32 Å². The van der Waals surface area contributed by atoms with Gasteiger partial charge in [-0.25, -0.2) is 4.79 Å². The molecule has 0 unspecified atom stereocenters. The van der Waals surface area contributed by atoms with Crippen molar-refractivity contribution >= 4 is 11.9 Å². The van der Waals surface area contributed by atoms with Gasteiger partial charge in [-0.3, -0.25) is 4.79 Å². The number of carbonyl (C=O) groups excluding carboxylic acids is 2. The van der Waals surface area contributed by atoms with Gasteiger partial charge in [0.05, 0.1) is 7.11 Å². The topological polar surface area (TPSA) is 55.4 Å². The first-order valence-corrected chi connectivity index (χ1v) is 4.56. The largest absolute Gasteiger partial charge is 0.467 e. The number of fused-ring (bicyclic) bond motifs is 2. The lowest BCUT2D eigenvalue weighted by Crippen LogP contribution is -2.55. The Morgan fingerprint density at radius 3 is 3.15 bits per heavy atom. The molecule has 72 valence electrons. The van der Waals surface area contributed by atoms with Crippen molar-refractivity contribution in [1.82, 2.24) is 5.32 Å². The van der Waals surface area contributed by atoms with E-state index in [1.165, 1.54) is 7.11 Å². The van der Waals surface area contributed by atoms with Crippen molar-refractivity contribution in [2.45, 2.75) is 31.2 Å². The fraction of sp³-hybridized carbons (Fsp3) is 0.778. The molecule has 0 aromatic heterocycles. The van der Waals surface area contributed by atoms with Crippen LogP contribution in [0.3, 0.4) is 0 Å². The average molecular weight is 183 g/mol. The Bertz CT molecular complexity index is 264.